The standard InChI is InChI=1S/C16H20N2O4/c1-9-6-10(2)18-14(19)13(9)15(20)21-8-12-17-7-11(22-12)16(3,4)5/h6-7H,8H2,1-5H3,(H,18,19). The van der Waals surface area contributed by atoms with Crippen molar-refractivity contribution in [2.24, 2.45) is 0 Å². The molecule has 0 unspecified atom stereocenters. The predicted molar refractivity (Wildman–Crippen MR) is 80.9 cm³/mol. The molecule has 0 radical (unpaired) electrons. The third-order valence-electron chi connectivity index (χ3n) is 3.19. The van der Waals surface area contributed by atoms with Gasteiger partial charge in [0.05, 0.1) is 6.20 Å². The normalized spacial score (nSPS) is 11.5. The van der Waals surface area contributed by atoms with Crippen LogP contribution in [0.15, 0.2) is 21.5 Å². The topological polar surface area (TPSA) is 85.2 Å². The highest BCUT2D eigenvalue weighted by Crippen LogP contribution is 2.22. The van der Waals surface area contributed by atoms with E-state index >= 15 is 0 Å². The number of nitrogens with one attached hydrogen (secondary N) is 1. The van der Waals surface area contributed by atoms with E-state index in [2.05, 4.69) is 9.97 Å². The molecule has 6 nitrogen and oxygen atoms in total. The maximum absolute atomic E-state index is 12.1. The largest absolute Gasteiger partial charge is 0.452 e. The summed E-state index contributed by atoms with van der Waals surface area (Å²) in [6, 6.07) is 1.72. The van der Waals surface area contributed by atoms with Gasteiger partial charge in [0.25, 0.3) is 5.56 Å². The van der Waals surface area contributed by atoms with Gasteiger partial charge in [-0.05, 0) is 25.5 Å². The number of esters is 1. The Balaban J connectivity index is 2.11. The van der Waals surface area contributed by atoms with E-state index < -0.39 is 11.5 Å². The molecular weight excluding hydrogens is 284 g/mol. The molecule has 118 valence electrons. The van der Waals surface area contributed by atoms with Gasteiger partial charge in [0.2, 0.25) is 5.89 Å². The molecule has 0 spiro atoms. The van der Waals surface area contributed by atoms with Crippen LogP contribution in [0.2, 0.25) is 0 Å². The molecule has 0 bridgehead atoms. The van der Waals surface area contributed by atoms with Gasteiger partial charge in [0.1, 0.15) is 11.3 Å². The molecule has 0 aliphatic rings. The number of H-pyrrole nitrogens is 1. The molecule has 0 saturated heterocycles. The molecule has 2 aromatic rings. The van der Waals surface area contributed by atoms with Crippen LogP contribution in [-0.2, 0) is 16.8 Å². The summed E-state index contributed by atoms with van der Waals surface area (Å²) in [4.78, 5) is 30.6. The third kappa shape index (κ3) is 3.44. The van der Waals surface area contributed by atoms with E-state index in [9.17, 15) is 9.59 Å². The van der Waals surface area contributed by atoms with Crippen molar-refractivity contribution in [2.45, 2.75) is 46.6 Å². The molecule has 2 rings (SSSR count). The number of aryl methyl sites for hydroxylation is 2. The lowest BCUT2D eigenvalue weighted by Crippen LogP contribution is -2.22. The number of hydrogen-bond acceptors (Lipinski definition) is 5. The lowest BCUT2D eigenvalue weighted by atomic mass is 9.94. The van der Waals surface area contributed by atoms with Crippen LogP contribution in [-0.4, -0.2) is 15.9 Å². The molecule has 0 aliphatic heterocycles. The summed E-state index contributed by atoms with van der Waals surface area (Å²) in [6.07, 6.45) is 1.62. The number of rotatable bonds is 3. The Kier molecular flexibility index (Phi) is 4.21. The van der Waals surface area contributed by atoms with Crippen LogP contribution in [0, 0.1) is 13.8 Å². The number of nitrogens with zero attached hydrogens (tertiary/aromatic N) is 1. The van der Waals surface area contributed by atoms with Crippen molar-refractivity contribution < 1.29 is 13.9 Å². The van der Waals surface area contributed by atoms with Crippen molar-refractivity contribution in [2.75, 3.05) is 0 Å². The van der Waals surface area contributed by atoms with Crippen LogP contribution in [0.3, 0.4) is 0 Å². The number of aromatic nitrogens is 2. The maximum Gasteiger partial charge on any atom is 0.344 e. The quantitative estimate of drug-likeness (QED) is 0.881. The lowest BCUT2D eigenvalue weighted by molar-refractivity contribution is 0.0432. The van der Waals surface area contributed by atoms with Crippen molar-refractivity contribution in [1.82, 2.24) is 9.97 Å². The number of carbonyl (C=O) groups excluding carboxylic acids is 1. The molecule has 0 aromatic carbocycles. The molecule has 0 atom stereocenters. The fourth-order valence-corrected chi connectivity index (χ4v) is 2.03. The van der Waals surface area contributed by atoms with Gasteiger partial charge in [0.15, 0.2) is 6.61 Å². The van der Waals surface area contributed by atoms with Gasteiger partial charge in [-0.25, -0.2) is 9.78 Å². The SMILES string of the molecule is Cc1cc(C)c(C(=O)OCc2ncc(C(C)(C)C)o2)c(=O)[nH]1. The second-order valence-electron chi connectivity index (χ2n) is 6.28. The molecule has 0 amide bonds. The monoisotopic (exact) mass is 304 g/mol. The van der Waals surface area contributed by atoms with E-state index in [-0.39, 0.29) is 17.6 Å². The molecule has 0 fully saturated rings. The summed E-state index contributed by atoms with van der Waals surface area (Å²) in [5.41, 5.74) is 0.661. The van der Waals surface area contributed by atoms with Gasteiger partial charge in [-0.15, -0.1) is 0 Å². The number of aromatic amines is 1. The third-order valence-corrected chi connectivity index (χ3v) is 3.19. The lowest BCUT2D eigenvalue weighted by Gasteiger charge is -2.13. The summed E-state index contributed by atoms with van der Waals surface area (Å²) in [6.45, 7) is 9.34. The highest BCUT2D eigenvalue weighted by Gasteiger charge is 2.21. The Morgan fingerprint density at radius 3 is 2.59 bits per heavy atom. The fraction of sp³-hybridized carbons (Fsp3) is 0.438. The first-order chi connectivity index (χ1) is 10.2. The van der Waals surface area contributed by atoms with Gasteiger partial charge in [-0.3, -0.25) is 4.79 Å². The zero-order valence-corrected chi connectivity index (χ0v) is 13.4. The first-order valence-electron chi connectivity index (χ1n) is 7.01. The predicted octanol–water partition coefficient (Wildman–Crippen LogP) is 2.63. The van der Waals surface area contributed by atoms with Crippen LogP contribution in [0.1, 0.15) is 54.0 Å². The first-order valence-corrected chi connectivity index (χ1v) is 7.01. The summed E-state index contributed by atoms with van der Waals surface area (Å²) >= 11 is 0. The van der Waals surface area contributed by atoms with Gasteiger partial charge in [0, 0.05) is 11.1 Å². The van der Waals surface area contributed by atoms with Crippen LogP contribution >= 0.6 is 0 Å². The first kappa shape index (κ1) is 16.0. The van der Waals surface area contributed by atoms with Gasteiger partial charge in [-0.1, -0.05) is 20.8 Å². The van der Waals surface area contributed by atoms with E-state index in [1.165, 1.54) is 0 Å². The zero-order chi connectivity index (χ0) is 16.5. The second kappa shape index (κ2) is 5.79. The van der Waals surface area contributed by atoms with Crippen LogP contribution in [0.25, 0.3) is 0 Å². The summed E-state index contributed by atoms with van der Waals surface area (Å²) in [5.74, 6) is 0.330. The van der Waals surface area contributed by atoms with Crippen molar-refractivity contribution in [3.63, 3.8) is 0 Å². The van der Waals surface area contributed by atoms with Gasteiger partial charge >= 0.3 is 5.97 Å². The Hall–Kier alpha value is -2.37. The Morgan fingerprint density at radius 2 is 2.05 bits per heavy atom. The van der Waals surface area contributed by atoms with Crippen LogP contribution < -0.4 is 5.56 Å². The fourth-order valence-electron chi connectivity index (χ4n) is 2.03. The van der Waals surface area contributed by atoms with E-state index in [1.54, 1.807) is 26.1 Å². The number of carbonyl (C=O) groups is 1. The number of oxazole rings is 1. The number of ether oxygens (including phenoxy) is 1. The molecule has 2 heterocycles. The minimum absolute atomic E-state index is 0.00759. The zero-order valence-electron chi connectivity index (χ0n) is 13.4. The summed E-state index contributed by atoms with van der Waals surface area (Å²) in [5, 5.41) is 0. The average molecular weight is 304 g/mol. The minimum atomic E-state index is -0.686. The van der Waals surface area contributed by atoms with Crippen LogP contribution in [0.4, 0.5) is 0 Å². The molecule has 0 saturated carbocycles. The van der Waals surface area contributed by atoms with Crippen molar-refractivity contribution in [1.29, 1.82) is 0 Å². The highest BCUT2D eigenvalue weighted by molar-refractivity contribution is 5.90. The van der Waals surface area contributed by atoms with Gasteiger partial charge < -0.3 is 14.1 Å². The van der Waals surface area contributed by atoms with E-state index in [0.717, 1.165) is 0 Å². The second-order valence-corrected chi connectivity index (χ2v) is 6.28. The van der Waals surface area contributed by atoms with Crippen molar-refractivity contribution >= 4 is 5.97 Å². The van der Waals surface area contributed by atoms with E-state index in [4.69, 9.17) is 9.15 Å². The molecule has 0 aliphatic carbocycles. The van der Waals surface area contributed by atoms with Crippen LogP contribution in [0.5, 0.6) is 0 Å². The molecular formula is C16H20N2O4. The smallest absolute Gasteiger partial charge is 0.344 e. The minimum Gasteiger partial charge on any atom is -0.452 e. The molecule has 1 N–H and O–H groups in total. The van der Waals surface area contributed by atoms with Crippen molar-refractivity contribution in [3.8, 4) is 0 Å². The Morgan fingerprint density at radius 1 is 1.36 bits per heavy atom. The molecule has 22 heavy (non-hydrogen) atoms. The highest BCUT2D eigenvalue weighted by atomic mass is 16.5. The summed E-state index contributed by atoms with van der Waals surface area (Å²) in [7, 11) is 0. The Labute approximate surface area is 128 Å². The number of hydrogen-bond donors (Lipinski definition) is 1. The maximum atomic E-state index is 12.1. The molecule has 2 aromatic heterocycles. The number of pyridine rings is 1. The van der Waals surface area contributed by atoms with E-state index in [1.807, 2.05) is 20.8 Å². The molecule has 6 heteroatoms. The van der Waals surface area contributed by atoms with Gasteiger partial charge in [-0.2, -0.15) is 0 Å². The van der Waals surface area contributed by atoms with Crippen molar-refractivity contribution in [3.05, 3.63) is 51.1 Å². The van der Waals surface area contributed by atoms with E-state index in [0.29, 0.717) is 22.9 Å². The average Bonchev–Trinajstić information content (AvgIpc) is 2.83. The Bertz CT molecular complexity index is 750. The summed E-state index contributed by atoms with van der Waals surface area (Å²) < 4.78 is 10.7.